The lowest BCUT2D eigenvalue weighted by atomic mass is 10.2. The zero-order valence-electron chi connectivity index (χ0n) is 12.4. The van der Waals surface area contributed by atoms with Gasteiger partial charge in [0.1, 0.15) is 18.0 Å². The zero-order chi connectivity index (χ0) is 15.5. The summed E-state index contributed by atoms with van der Waals surface area (Å²) in [6.45, 7) is 2.41. The van der Waals surface area contributed by atoms with Gasteiger partial charge in [0.05, 0.1) is 18.4 Å². The molecular formula is C17H16N2O3. The second kappa shape index (κ2) is 5.89. The molecule has 0 radical (unpaired) electrons. The average Bonchev–Trinajstić information content (AvgIpc) is 2.94. The maximum Gasteiger partial charge on any atom is 0.337 e. The van der Waals surface area contributed by atoms with E-state index < -0.39 is 0 Å². The molecule has 1 aromatic carbocycles. The number of carbonyl (C=O) groups is 1. The summed E-state index contributed by atoms with van der Waals surface area (Å²) >= 11 is 0. The first-order valence-corrected chi connectivity index (χ1v) is 6.91. The standard InChI is InChI=1S/C17H16N2O3/c1-12-3-8-16-18-14(10-19(16)9-12)11-22-15-6-4-13(5-7-15)17(20)21-2/h3-10H,11H2,1-2H3. The van der Waals surface area contributed by atoms with Crippen LogP contribution in [0.4, 0.5) is 0 Å². The van der Waals surface area contributed by atoms with Gasteiger partial charge in [-0.2, -0.15) is 0 Å². The van der Waals surface area contributed by atoms with Crippen molar-refractivity contribution in [2.45, 2.75) is 13.5 Å². The second-order valence-electron chi connectivity index (χ2n) is 5.01. The number of rotatable bonds is 4. The quantitative estimate of drug-likeness (QED) is 0.694. The summed E-state index contributed by atoms with van der Waals surface area (Å²) in [6, 6.07) is 10.8. The van der Waals surface area contributed by atoms with Crippen LogP contribution < -0.4 is 4.74 Å². The number of imidazole rings is 1. The zero-order valence-corrected chi connectivity index (χ0v) is 12.4. The van der Waals surface area contributed by atoms with E-state index in [4.69, 9.17) is 4.74 Å². The fourth-order valence-electron chi connectivity index (χ4n) is 2.19. The van der Waals surface area contributed by atoms with Crippen molar-refractivity contribution in [2.75, 3.05) is 7.11 Å². The highest BCUT2D eigenvalue weighted by Gasteiger charge is 2.06. The van der Waals surface area contributed by atoms with Gasteiger partial charge in [0.25, 0.3) is 0 Å². The third-order valence-electron chi connectivity index (χ3n) is 3.31. The van der Waals surface area contributed by atoms with Crippen molar-refractivity contribution in [2.24, 2.45) is 0 Å². The van der Waals surface area contributed by atoms with Gasteiger partial charge in [-0.3, -0.25) is 0 Å². The lowest BCUT2D eigenvalue weighted by molar-refractivity contribution is 0.0600. The van der Waals surface area contributed by atoms with E-state index in [1.807, 2.05) is 35.9 Å². The van der Waals surface area contributed by atoms with Crippen LogP contribution in [0, 0.1) is 6.92 Å². The molecule has 5 nitrogen and oxygen atoms in total. The highest BCUT2D eigenvalue weighted by molar-refractivity contribution is 5.89. The molecule has 22 heavy (non-hydrogen) atoms. The molecule has 0 aliphatic rings. The van der Waals surface area contributed by atoms with E-state index in [2.05, 4.69) is 9.72 Å². The monoisotopic (exact) mass is 296 g/mol. The maximum atomic E-state index is 11.4. The van der Waals surface area contributed by atoms with Crippen LogP contribution in [0.15, 0.2) is 48.8 Å². The highest BCUT2D eigenvalue weighted by Crippen LogP contribution is 2.15. The number of benzene rings is 1. The molecule has 112 valence electrons. The molecule has 0 N–H and O–H groups in total. The van der Waals surface area contributed by atoms with Crippen LogP contribution in [-0.4, -0.2) is 22.5 Å². The number of nitrogens with zero attached hydrogens (tertiary/aromatic N) is 2. The van der Waals surface area contributed by atoms with Crippen LogP contribution in [0.3, 0.4) is 0 Å². The Morgan fingerprint density at radius 2 is 1.91 bits per heavy atom. The normalized spacial score (nSPS) is 10.6. The molecule has 0 atom stereocenters. The van der Waals surface area contributed by atoms with Gasteiger partial charge in [0.2, 0.25) is 0 Å². The summed E-state index contributed by atoms with van der Waals surface area (Å²) in [6.07, 6.45) is 3.97. The Labute approximate surface area is 128 Å². The fraction of sp³-hybridized carbons (Fsp3) is 0.176. The van der Waals surface area contributed by atoms with Gasteiger partial charge < -0.3 is 13.9 Å². The number of aryl methyl sites for hydroxylation is 1. The Morgan fingerprint density at radius 3 is 2.64 bits per heavy atom. The Hall–Kier alpha value is -2.82. The van der Waals surface area contributed by atoms with Gasteiger partial charge in [-0.25, -0.2) is 9.78 Å². The van der Waals surface area contributed by atoms with Crippen molar-refractivity contribution >= 4 is 11.6 Å². The number of hydrogen-bond acceptors (Lipinski definition) is 4. The minimum absolute atomic E-state index is 0.359. The minimum atomic E-state index is -0.359. The number of methoxy groups -OCH3 is 1. The SMILES string of the molecule is COC(=O)c1ccc(OCc2cn3cc(C)ccc3n2)cc1. The minimum Gasteiger partial charge on any atom is -0.487 e. The molecule has 0 unspecified atom stereocenters. The van der Waals surface area contributed by atoms with E-state index in [0.717, 1.165) is 11.3 Å². The molecule has 5 heteroatoms. The van der Waals surface area contributed by atoms with E-state index in [1.165, 1.54) is 12.7 Å². The van der Waals surface area contributed by atoms with Gasteiger partial charge in [-0.05, 0) is 42.8 Å². The summed E-state index contributed by atoms with van der Waals surface area (Å²) in [5, 5.41) is 0. The molecule has 2 aromatic heterocycles. The van der Waals surface area contributed by atoms with Crippen molar-refractivity contribution < 1.29 is 14.3 Å². The maximum absolute atomic E-state index is 11.4. The second-order valence-corrected chi connectivity index (χ2v) is 5.01. The summed E-state index contributed by atoms with van der Waals surface area (Å²) < 4.78 is 12.3. The molecule has 3 rings (SSSR count). The number of esters is 1. The van der Waals surface area contributed by atoms with E-state index >= 15 is 0 Å². The number of ether oxygens (including phenoxy) is 2. The molecule has 0 fully saturated rings. The van der Waals surface area contributed by atoms with Crippen LogP contribution in [-0.2, 0) is 11.3 Å². The van der Waals surface area contributed by atoms with Crippen LogP contribution in [0.1, 0.15) is 21.6 Å². The van der Waals surface area contributed by atoms with E-state index in [9.17, 15) is 4.79 Å². The van der Waals surface area contributed by atoms with Crippen LogP contribution in [0.25, 0.3) is 5.65 Å². The summed E-state index contributed by atoms with van der Waals surface area (Å²) in [4.78, 5) is 15.8. The smallest absolute Gasteiger partial charge is 0.337 e. The van der Waals surface area contributed by atoms with Crippen molar-refractivity contribution in [3.05, 3.63) is 65.6 Å². The molecule has 2 heterocycles. The van der Waals surface area contributed by atoms with Gasteiger partial charge >= 0.3 is 5.97 Å². The largest absolute Gasteiger partial charge is 0.487 e. The summed E-state index contributed by atoms with van der Waals surface area (Å²) in [5.41, 5.74) is 3.42. The Balaban J connectivity index is 1.69. The first-order valence-electron chi connectivity index (χ1n) is 6.91. The summed E-state index contributed by atoms with van der Waals surface area (Å²) in [7, 11) is 1.36. The number of pyridine rings is 1. The van der Waals surface area contributed by atoms with E-state index in [-0.39, 0.29) is 5.97 Å². The van der Waals surface area contributed by atoms with Crippen LogP contribution in [0.2, 0.25) is 0 Å². The molecule has 0 aliphatic carbocycles. The van der Waals surface area contributed by atoms with Crippen molar-refractivity contribution in [1.82, 2.24) is 9.38 Å². The van der Waals surface area contributed by atoms with Crippen LogP contribution in [0.5, 0.6) is 5.75 Å². The molecule has 0 saturated heterocycles. The molecule has 0 saturated carbocycles. The Morgan fingerprint density at radius 1 is 1.14 bits per heavy atom. The number of hydrogen-bond donors (Lipinski definition) is 0. The number of aromatic nitrogens is 2. The molecule has 0 aliphatic heterocycles. The Bertz CT molecular complexity index is 806. The topological polar surface area (TPSA) is 52.8 Å². The molecule has 0 spiro atoms. The third kappa shape index (κ3) is 2.93. The third-order valence-corrected chi connectivity index (χ3v) is 3.31. The van der Waals surface area contributed by atoms with Gasteiger partial charge in [-0.15, -0.1) is 0 Å². The molecular weight excluding hydrogens is 280 g/mol. The first-order chi connectivity index (χ1) is 10.7. The van der Waals surface area contributed by atoms with E-state index in [1.54, 1.807) is 24.3 Å². The summed E-state index contributed by atoms with van der Waals surface area (Å²) in [5.74, 6) is 0.322. The lowest BCUT2D eigenvalue weighted by Gasteiger charge is -2.04. The molecule has 3 aromatic rings. The Kier molecular flexibility index (Phi) is 3.78. The predicted octanol–water partition coefficient (Wildman–Crippen LogP) is 3.01. The number of carbonyl (C=O) groups excluding carboxylic acids is 1. The van der Waals surface area contributed by atoms with E-state index in [0.29, 0.717) is 17.9 Å². The average molecular weight is 296 g/mol. The van der Waals surface area contributed by atoms with Crippen molar-refractivity contribution in [3.63, 3.8) is 0 Å². The molecule has 0 amide bonds. The van der Waals surface area contributed by atoms with Gasteiger partial charge in [0.15, 0.2) is 0 Å². The van der Waals surface area contributed by atoms with Gasteiger partial charge in [0, 0.05) is 12.4 Å². The fourth-order valence-corrected chi connectivity index (χ4v) is 2.19. The first kappa shape index (κ1) is 14.1. The molecule has 0 bridgehead atoms. The van der Waals surface area contributed by atoms with Gasteiger partial charge in [-0.1, -0.05) is 6.07 Å². The highest BCUT2D eigenvalue weighted by atomic mass is 16.5. The van der Waals surface area contributed by atoms with Crippen molar-refractivity contribution in [3.8, 4) is 5.75 Å². The van der Waals surface area contributed by atoms with Crippen molar-refractivity contribution in [1.29, 1.82) is 0 Å². The predicted molar refractivity (Wildman–Crippen MR) is 82.0 cm³/mol. The van der Waals surface area contributed by atoms with Crippen LogP contribution >= 0.6 is 0 Å². The lowest BCUT2D eigenvalue weighted by Crippen LogP contribution is -2.01. The number of fused-ring (bicyclic) bond motifs is 1.